The summed E-state index contributed by atoms with van der Waals surface area (Å²) in [4.78, 5) is 92.7. The van der Waals surface area contributed by atoms with Gasteiger partial charge in [-0.2, -0.15) is 0 Å². The Morgan fingerprint density at radius 2 is 0.644 bits per heavy atom. The molecule has 0 bridgehead atoms. The molecule has 0 heterocycles. The van der Waals surface area contributed by atoms with Crippen LogP contribution in [-0.4, -0.2) is 205 Å². The molecular weight excluding hydrogens is 808 g/mol. The first kappa shape index (κ1) is 54.4. The Labute approximate surface area is 336 Å². The van der Waals surface area contributed by atoms with E-state index in [0.29, 0.717) is 0 Å². The van der Waals surface area contributed by atoms with E-state index in [1.165, 1.54) is 0 Å². The lowest BCUT2D eigenvalue weighted by molar-refractivity contribution is -0.165. The second-order valence-electron chi connectivity index (χ2n) is 12.3. The highest BCUT2D eigenvalue weighted by molar-refractivity contribution is 5.79. The Hall–Kier alpha value is -4.60. The summed E-state index contributed by atoms with van der Waals surface area (Å²) in [5.41, 5.74) is 0. The van der Waals surface area contributed by atoms with Crippen molar-refractivity contribution in [3.63, 3.8) is 0 Å². The van der Waals surface area contributed by atoms with Crippen LogP contribution in [0.15, 0.2) is 0 Å². The first-order valence-electron chi connectivity index (χ1n) is 18.1. The van der Waals surface area contributed by atoms with Crippen LogP contribution in [0.5, 0.6) is 0 Å². The van der Waals surface area contributed by atoms with Crippen LogP contribution in [0.2, 0.25) is 0 Å². The van der Waals surface area contributed by atoms with Gasteiger partial charge in [-0.25, -0.2) is 0 Å². The summed E-state index contributed by atoms with van der Waals surface area (Å²) >= 11 is 0. The third-order valence-corrected chi connectivity index (χ3v) is 6.75. The molecule has 0 aliphatic rings. The Morgan fingerprint density at radius 3 is 1.03 bits per heavy atom. The Kier molecular flexibility index (Phi) is 30.7. The van der Waals surface area contributed by atoms with Crippen molar-refractivity contribution in [3.8, 4) is 0 Å². The number of esters is 6. The molecule has 25 heteroatoms. The van der Waals surface area contributed by atoms with Crippen LogP contribution in [0.4, 0.5) is 0 Å². The number of ether oxygens (including phenoxy) is 9. The van der Waals surface area contributed by atoms with E-state index in [-0.39, 0.29) is 26.2 Å². The molecule has 0 aromatic carbocycles. The maximum Gasteiger partial charge on any atom is 0.306 e. The van der Waals surface area contributed by atoms with Crippen molar-refractivity contribution in [1.29, 1.82) is 0 Å². The predicted molar refractivity (Wildman–Crippen MR) is 186 cm³/mol. The number of aliphatic hydroxyl groups is 6. The molecule has 0 saturated carbocycles. The predicted octanol–water partition coefficient (Wildman–Crippen LogP) is -4.25. The summed E-state index contributed by atoms with van der Waals surface area (Å²) in [7, 11) is 0. The molecule has 25 nitrogen and oxygen atoms in total. The maximum absolute atomic E-state index is 12.4. The molecule has 0 aliphatic carbocycles. The molecule has 0 saturated heterocycles. The molecule has 6 atom stereocenters. The lowest BCUT2D eigenvalue weighted by Crippen LogP contribution is -2.32. The van der Waals surface area contributed by atoms with E-state index in [1.54, 1.807) is 0 Å². The summed E-state index contributed by atoms with van der Waals surface area (Å²) in [6.45, 7) is -5.82. The molecule has 6 unspecified atom stereocenters. The van der Waals surface area contributed by atoms with Crippen molar-refractivity contribution in [2.75, 3.05) is 79.3 Å². The largest absolute Gasteiger partial charge is 0.481 e. The average Bonchev–Trinajstić information content (AvgIpc) is 3.19. The summed E-state index contributed by atoms with van der Waals surface area (Å²) < 4.78 is 44.8. The van der Waals surface area contributed by atoms with E-state index in [9.17, 15) is 63.9 Å². The van der Waals surface area contributed by atoms with Crippen LogP contribution in [0, 0.1) is 0 Å². The van der Waals surface area contributed by atoms with Gasteiger partial charge in [0.15, 0.2) is 6.10 Å². The lowest BCUT2D eigenvalue weighted by atomic mass is 10.3. The van der Waals surface area contributed by atoms with Crippen LogP contribution in [-0.2, 0) is 81.0 Å². The van der Waals surface area contributed by atoms with Crippen molar-refractivity contribution in [1.82, 2.24) is 0 Å². The molecule has 0 aliphatic heterocycles. The number of aliphatic hydroxyl groups excluding tert-OH is 6. The second kappa shape index (κ2) is 33.3. The number of rotatable bonds is 36. The van der Waals surface area contributed by atoms with Gasteiger partial charge < -0.3 is 83.5 Å². The molecule has 0 rings (SSSR count). The Balaban J connectivity index is 4.53. The number of carboxylic acids is 2. The minimum atomic E-state index is -1.36. The first-order chi connectivity index (χ1) is 27.9. The monoisotopic (exact) mass is 862 g/mol. The van der Waals surface area contributed by atoms with Gasteiger partial charge in [-0.15, -0.1) is 0 Å². The molecule has 0 aromatic heterocycles. The number of carboxylic acid groups (broad SMARTS) is 2. The fraction of sp³-hybridized carbons (Fsp3) is 0.765. The molecule has 0 spiro atoms. The minimum Gasteiger partial charge on any atom is -0.481 e. The highest BCUT2D eigenvalue weighted by Gasteiger charge is 2.22. The topological polar surface area (TPSA) is 381 Å². The van der Waals surface area contributed by atoms with Crippen molar-refractivity contribution in [3.05, 3.63) is 0 Å². The van der Waals surface area contributed by atoms with E-state index in [4.69, 9.17) is 53.2 Å². The Morgan fingerprint density at radius 1 is 0.339 bits per heavy atom. The number of carbonyl (C=O) groups is 8. The van der Waals surface area contributed by atoms with Gasteiger partial charge in [-0.3, -0.25) is 38.4 Å². The van der Waals surface area contributed by atoms with Gasteiger partial charge in [0.25, 0.3) is 0 Å². The fourth-order valence-corrected chi connectivity index (χ4v) is 3.81. The molecule has 59 heavy (non-hydrogen) atoms. The molecule has 340 valence electrons. The number of carbonyl (C=O) groups excluding carboxylic acids is 6. The molecule has 0 amide bonds. The van der Waals surface area contributed by atoms with E-state index < -0.39 is 189 Å². The van der Waals surface area contributed by atoms with Gasteiger partial charge in [0, 0.05) is 0 Å². The average molecular weight is 863 g/mol. The van der Waals surface area contributed by atoms with E-state index in [0.717, 1.165) is 0 Å². The van der Waals surface area contributed by atoms with Gasteiger partial charge in [0.05, 0.1) is 104 Å². The van der Waals surface area contributed by atoms with Gasteiger partial charge in [0.2, 0.25) is 0 Å². The second-order valence-corrected chi connectivity index (χ2v) is 12.3. The summed E-state index contributed by atoms with van der Waals surface area (Å²) in [6.07, 6.45) is -11.4. The number of aliphatic carboxylic acids is 2. The van der Waals surface area contributed by atoms with E-state index in [2.05, 4.69) is 4.74 Å². The standard InChI is InChI=1S/C34H54O25/c35-9-21(37)11-52-19-26(59-34(50)8-7-31(47)56-17-24(40)14-53-18-25(10-36)58-33(49)4-2-28(43)44)20-57-32(48)6-5-30(46)55-16-23(39)13-51-12-22(38)15-54-29(45)3-1-27(41)42/h21-26,35-40H,1-20H2,(H,41,42)(H,43,44). The van der Waals surface area contributed by atoms with Crippen molar-refractivity contribution >= 4 is 47.8 Å². The zero-order valence-electron chi connectivity index (χ0n) is 32.1. The zero-order chi connectivity index (χ0) is 44.6. The normalized spacial score (nSPS) is 14.1. The van der Waals surface area contributed by atoms with Crippen LogP contribution < -0.4 is 0 Å². The van der Waals surface area contributed by atoms with Gasteiger partial charge in [-0.05, 0) is 0 Å². The van der Waals surface area contributed by atoms with E-state index in [1.807, 2.05) is 0 Å². The number of hydrogen-bond donors (Lipinski definition) is 8. The van der Waals surface area contributed by atoms with Crippen molar-refractivity contribution in [2.45, 2.75) is 88.0 Å². The summed E-state index contributed by atoms with van der Waals surface area (Å²) in [6, 6.07) is 0. The molecule has 0 aromatic rings. The van der Waals surface area contributed by atoms with E-state index >= 15 is 0 Å². The van der Waals surface area contributed by atoms with Crippen LogP contribution in [0.1, 0.15) is 51.4 Å². The third kappa shape index (κ3) is 33.0. The van der Waals surface area contributed by atoms with Gasteiger partial charge in [-0.1, -0.05) is 0 Å². The third-order valence-electron chi connectivity index (χ3n) is 6.75. The molecular formula is C34H54O25. The molecule has 0 fully saturated rings. The summed E-state index contributed by atoms with van der Waals surface area (Å²) in [5, 5.41) is 74.5. The quantitative estimate of drug-likeness (QED) is 0.0218. The molecule has 0 radical (unpaired) electrons. The SMILES string of the molecule is O=C(O)CCC(=O)OCC(O)COCC(O)COC(=O)CCC(=O)OCC(COCC(O)CO)OC(=O)CCC(=O)OCC(O)COCC(CO)OC(=O)CCC(=O)O. The smallest absolute Gasteiger partial charge is 0.306 e. The zero-order valence-corrected chi connectivity index (χ0v) is 32.1. The van der Waals surface area contributed by atoms with Gasteiger partial charge >= 0.3 is 47.8 Å². The summed E-state index contributed by atoms with van der Waals surface area (Å²) in [5.74, 6) is -7.86. The first-order valence-corrected chi connectivity index (χ1v) is 18.1. The van der Waals surface area contributed by atoms with Crippen LogP contribution >= 0.6 is 0 Å². The van der Waals surface area contributed by atoms with Crippen molar-refractivity contribution < 1.29 is 122 Å². The fourth-order valence-electron chi connectivity index (χ4n) is 3.81. The van der Waals surface area contributed by atoms with Crippen LogP contribution in [0.3, 0.4) is 0 Å². The number of hydrogen-bond acceptors (Lipinski definition) is 23. The molecule has 8 N–H and O–H groups in total. The van der Waals surface area contributed by atoms with Gasteiger partial charge in [0.1, 0.15) is 56.9 Å². The Bertz CT molecular complexity index is 1270. The minimum absolute atomic E-state index is 0.360. The lowest BCUT2D eigenvalue weighted by Gasteiger charge is -2.19. The highest BCUT2D eigenvalue weighted by atomic mass is 16.6. The van der Waals surface area contributed by atoms with Crippen LogP contribution in [0.25, 0.3) is 0 Å². The van der Waals surface area contributed by atoms with Crippen molar-refractivity contribution in [2.24, 2.45) is 0 Å². The highest BCUT2D eigenvalue weighted by Crippen LogP contribution is 2.06. The maximum atomic E-state index is 12.4.